The average molecular weight is 163 g/mol. The van der Waals surface area contributed by atoms with Crippen molar-refractivity contribution >= 4 is 15.4 Å². The van der Waals surface area contributed by atoms with Crippen molar-refractivity contribution in [2.75, 3.05) is 21.3 Å². The Balaban J connectivity index is 0. The van der Waals surface area contributed by atoms with E-state index in [1.807, 2.05) is 6.55 Å². The summed E-state index contributed by atoms with van der Waals surface area (Å²) in [4.78, 5) is 11.8. The van der Waals surface area contributed by atoms with Gasteiger partial charge in [0.2, 0.25) is 6.08 Å². The molecule has 0 N–H and O–H groups in total. The van der Waals surface area contributed by atoms with Gasteiger partial charge in [0.05, 0.1) is 0 Å². The van der Waals surface area contributed by atoms with Gasteiger partial charge in [0.25, 0.3) is 0 Å². The first kappa shape index (κ1) is 12.2. The fraction of sp³-hybridized carbons (Fsp3) is 0.800. The zero-order valence-electron chi connectivity index (χ0n) is 6.75. The first-order valence-electron chi connectivity index (χ1n) is 2.74. The lowest BCUT2D eigenvalue weighted by Gasteiger charge is -2.00. The molecule has 0 radical (unpaired) electrons. The minimum absolute atomic E-state index is 1.16. The first-order chi connectivity index (χ1) is 4.72. The van der Waals surface area contributed by atoms with Gasteiger partial charge >= 0.3 is 9.28 Å². The van der Waals surface area contributed by atoms with Crippen molar-refractivity contribution in [1.29, 1.82) is 0 Å². The molecule has 4 nitrogen and oxygen atoms in total. The van der Waals surface area contributed by atoms with Gasteiger partial charge in [0, 0.05) is 21.3 Å². The SMILES string of the molecule is CN=C=O.CO[SiH](C)OC. The van der Waals surface area contributed by atoms with Gasteiger partial charge in [0.1, 0.15) is 0 Å². The Labute approximate surface area is 62.7 Å². The fourth-order valence-electron chi connectivity index (χ4n) is 0.0962. The lowest BCUT2D eigenvalue weighted by Crippen LogP contribution is -2.12. The summed E-state index contributed by atoms with van der Waals surface area (Å²) in [6.45, 7) is 1.97. The van der Waals surface area contributed by atoms with Crippen LogP contribution in [0.25, 0.3) is 0 Å². The van der Waals surface area contributed by atoms with Gasteiger partial charge in [0.15, 0.2) is 0 Å². The Bertz CT molecular complexity index is 99.1. The second-order valence-electron chi connectivity index (χ2n) is 1.35. The number of hydrogen-bond donors (Lipinski definition) is 0. The molecular formula is C5H13NO3Si. The maximum atomic E-state index is 8.88. The maximum Gasteiger partial charge on any atom is 0.317 e. The lowest BCUT2D eigenvalue weighted by molar-refractivity contribution is 0.285. The van der Waals surface area contributed by atoms with Crippen molar-refractivity contribution in [3.63, 3.8) is 0 Å². The molecule has 0 aliphatic carbocycles. The molecule has 0 aromatic rings. The van der Waals surface area contributed by atoms with Gasteiger partial charge in [-0.25, -0.2) is 9.79 Å². The van der Waals surface area contributed by atoms with Gasteiger partial charge in [-0.1, -0.05) is 0 Å². The van der Waals surface area contributed by atoms with E-state index in [1.165, 1.54) is 13.1 Å². The molecule has 60 valence electrons. The molecule has 0 heterocycles. The highest BCUT2D eigenvalue weighted by molar-refractivity contribution is 6.42. The highest BCUT2D eigenvalue weighted by Gasteiger charge is 1.94. The van der Waals surface area contributed by atoms with Crippen LogP contribution in [0.3, 0.4) is 0 Å². The molecule has 0 bridgehead atoms. The molecule has 0 amide bonds. The minimum Gasteiger partial charge on any atom is -0.400 e. The van der Waals surface area contributed by atoms with Gasteiger partial charge in [-0.2, -0.15) is 0 Å². The third kappa shape index (κ3) is 15.6. The van der Waals surface area contributed by atoms with Crippen molar-refractivity contribution in [2.45, 2.75) is 6.55 Å². The van der Waals surface area contributed by atoms with Gasteiger partial charge in [-0.3, -0.25) is 0 Å². The molecule has 0 spiro atoms. The summed E-state index contributed by atoms with van der Waals surface area (Å²) in [7, 11) is 3.56. The zero-order chi connectivity index (χ0) is 8.41. The van der Waals surface area contributed by atoms with Gasteiger partial charge < -0.3 is 8.85 Å². The smallest absolute Gasteiger partial charge is 0.317 e. The Kier molecular flexibility index (Phi) is 13.8. The lowest BCUT2D eigenvalue weighted by atomic mass is 11.4. The molecule has 10 heavy (non-hydrogen) atoms. The summed E-state index contributed by atoms with van der Waals surface area (Å²) in [6.07, 6.45) is 1.31. The second-order valence-corrected chi connectivity index (χ2v) is 3.43. The number of aliphatic imine (C=N–C) groups is 1. The zero-order valence-corrected chi connectivity index (χ0v) is 7.90. The molecular weight excluding hydrogens is 150 g/mol. The quantitative estimate of drug-likeness (QED) is 0.329. The Hall–Kier alpha value is -0.483. The van der Waals surface area contributed by atoms with Crippen LogP contribution in [-0.4, -0.2) is 36.6 Å². The van der Waals surface area contributed by atoms with Crippen LogP contribution in [0.4, 0.5) is 0 Å². The normalized spacial score (nSPS) is 7.70. The van der Waals surface area contributed by atoms with E-state index in [4.69, 9.17) is 13.6 Å². The standard InChI is InChI=1S/C3H10O2Si.C2H3NO/c1-4-6(3)5-2;1-3-2-4/h6H,1-3H3;1H3. The Morgan fingerprint density at radius 3 is 1.70 bits per heavy atom. The molecule has 5 heteroatoms. The van der Waals surface area contributed by atoms with E-state index in [-0.39, 0.29) is 0 Å². The molecule has 0 rings (SSSR count). The molecule has 0 aromatic carbocycles. The van der Waals surface area contributed by atoms with E-state index in [0.29, 0.717) is 0 Å². The number of carbonyl (C=O) groups excluding carboxylic acids is 1. The summed E-state index contributed by atoms with van der Waals surface area (Å²) in [5.41, 5.74) is 0. The fourth-order valence-corrected chi connectivity index (χ4v) is 0.289. The molecule has 0 aromatic heterocycles. The van der Waals surface area contributed by atoms with Crippen molar-refractivity contribution in [1.82, 2.24) is 0 Å². The highest BCUT2D eigenvalue weighted by atomic mass is 28.3. The highest BCUT2D eigenvalue weighted by Crippen LogP contribution is 1.77. The molecule has 0 fully saturated rings. The van der Waals surface area contributed by atoms with Crippen molar-refractivity contribution in [3.8, 4) is 0 Å². The molecule has 0 unspecified atom stereocenters. The van der Waals surface area contributed by atoms with Crippen LogP contribution >= 0.6 is 0 Å². The van der Waals surface area contributed by atoms with Crippen molar-refractivity contribution in [2.24, 2.45) is 4.99 Å². The van der Waals surface area contributed by atoms with E-state index >= 15 is 0 Å². The molecule has 0 atom stereocenters. The minimum atomic E-state index is -1.16. The number of isocyanates is 1. The third-order valence-electron chi connectivity index (χ3n) is 0.755. The molecule has 0 aliphatic heterocycles. The summed E-state index contributed by atoms with van der Waals surface area (Å²) >= 11 is 0. The Morgan fingerprint density at radius 1 is 1.40 bits per heavy atom. The largest absolute Gasteiger partial charge is 0.400 e. The van der Waals surface area contributed by atoms with E-state index in [2.05, 4.69) is 4.99 Å². The molecule has 0 saturated carbocycles. The van der Waals surface area contributed by atoms with Crippen LogP contribution in [0, 0.1) is 0 Å². The summed E-state index contributed by atoms with van der Waals surface area (Å²) in [5.74, 6) is 0. The average Bonchev–Trinajstić information content (AvgIpc) is 2.03. The van der Waals surface area contributed by atoms with Gasteiger partial charge in [-0.15, -0.1) is 0 Å². The third-order valence-corrected chi connectivity index (χ3v) is 2.08. The number of nitrogens with zero attached hydrogens (tertiary/aromatic N) is 1. The van der Waals surface area contributed by atoms with E-state index in [1.54, 1.807) is 14.2 Å². The maximum absolute atomic E-state index is 8.88. The predicted octanol–water partition coefficient (Wildman–Crippen LogP) is 0.0815. The Morgan fingerprint density at radius 2 is 1.70 bits per heavy atom. The number of rotatable bonds is 2. The summed E-state index contributed by atoms with van der Waals surface area (Å²) < 4.78 is 9.63. The predicted molar refractivity (Wildman–Crippen MR) is 41.1 cm³/mol. The number of hydrogen-bond acceptors (Lipinski definition) is 4. The van der Waals surface area contributed by atoms with Crippen LogP contribution in [0.5, 0.6) is 0 Å². The van der Waals surface area contributed by atoms with E-state index in [9.17, 15) is 0 Å². The first-order valence-corrected chi connectivity index (χ1v) is 4.84. The summed E-state index contributed by atoms with van der Waals surface area (Å²) in [6, 6.07) is 0. The van der Waals surface area contributed by atoms with Crippen molar-refractivity contribution in [3.05, 3.63) is 0 Å². The summed E-state index contributed by atoms with van der Waals surface area (Å²) in [5, 5.41) is 0. The second kappa shape index (κ2) is 11.3. The topological polar surface area (TPSA) is 47.9 Å². The van der Waals surface area contributed by atoms with Crippen LogP contribution in [0.2, 0.25) is 6.55 Å². The van der Waals surface area contributed by atoms with Crippen LogP contribution in [-0.2, 0) is 13.6 Å². The van der Waals surface area contributed by atoms with E-state index in [0.717, 1.165) is 0 Å². The monoisotopic (exact) mass is 163 g/mol. The van der Waals surface area contributed by atoms with Crippen LogP contribution in [0.15, 0.2) is 4.99 Å². The van der Waals surface area contributed by atoms with Crippen molar-refractivity contribution < 1.29 is 13.6 Å². The molecule has 0 aliphatic rings. The van der Waals surface area contributed by atoms with E-state index < -0.39 is 9.28 Å². The van der Waals surface area contributed by atoms with Crippen LogP contribution in [0.1, 0.15) is 0 Å². The molecule has 0 saturated heterocycles. The van der Waals surface area contributed by atoms with Gasteiger partial charge in [-0.05, 0) is 6.55 Å². The van der Waals surface area contributed by atoms with Crippen LogP contribution < -0.4 is 0 Å².